The molecule has 1 aromatic rings. The van der Waals surface area contributed by atoms with Gasteiger partial charge in [0.05, 0.1) is 0 Å². The van der Waals surface area contributed by atoms with E-state index in [4.69, 9.17) is 0 Å². The number of hydrogen-bond acceptors (Lipinski definition) is 2. The molecule has 0 aliphatic carbocycles. The molecule has 0 aliphatic rings. The van der Waals surface area contributed by atoms with Crippen LogP contribution in [0.15, 0.2) is 24.3 Å². The molecule has 0 unspecified atom stereocenters. The van der Waals surface area contributed by atoms with Gasteiger partial charge in [0.1, 0.15) is 0 Å². The minimum Gasteiger partial charge on any atom is -0.372 e. The van der Waals surface area contributed by atoms with E-state index in [-0.39, 0.29) is 8.46 Å². The first-order chi connectivity index (χ1) is 6.31. The summed E-state index contributed by atoms with van der Waals surface area (Å²) in [5.41, 5.74) is 1.19. The van der Waals surface area contributed by atoms with Gasteiger partial charge in [0, 0.05) is 24.1 Å². The summed E-state index contributed by atoms with van der Waals surface area (Å²) in [4.78, 5) is 2.26. The Hall–Kier alpha value is -0.880. The molecule has 1 rings (SSSR count). The van der Waals surface area contributed by atoms with Crippen LogP contribution in [0.1, 0.15) is 13.8 Å². The highest BCUT2D eigenvalue weighted by atomic mass is 31.1. The van der Waals surface area contributed by atoms with E-state index in [0.29, 0.717) is 0 Å². The highest BCUT2D eigenvalue weighted by molar-refractivity contribution is 7.34. The largest absolute Gasteiger partial charge is 0.372 e. The van der Waals surface area contributed by atoms with E-state index < -0.39 is 0 Å². The molecular formula is C10H14NOP. The zero-order chi connectivity index (χ0) is 9.68. The van der Waals surface area contributed by atoms with Gasteiger partial charge in [-0.25, -0.2) is 0 Å². The van der Waals surface area contributed by atoms with Crippen LogP contribution < -0.4 is 10.2 Å². The van der Waals surface area contributed by atoms with Crippen LogP contribution in [0.25, 0.3) is 0 Å². The van der Waals surface area contributed by atoms with Gasteiger partial charge in [-0.1, -0.05) is 0 Å². The summed E-state index contributed by atoms with van der Waals surface area (Å²) in [6.45, 7) is 6.27. The molecule has 0 atom stereocenters. The molecule has 2 nitrogen and oxygen atoms in total. The molecule has 0 aliphatic heterocycles. The Morgan fingerprint density at radius 3 is 2.08 bits per heavy atom. The third kappa shape index (κ3) is 2.53. The summed E-state index contributed by atoms with van der Waals surface area (Å²) in [6, 6.07) is 7.80. The van der Waals surface area contributed by atoms with E-state index in [1.54, 1.807) is 0 Å². The molecule has 0 bridgehead atoms. The van der Waals surface area contributed by atoms with Gasteiger partial charge in [0.15, 0.2) is 8.46 Å². The normalized spacial score (nSPS) is 10.3. The molecule has 3 heteroatoms. The molecule has 0 saturated heterocycles. The average molecular weight is 195 g/mol. The van der Waals surface area contributed by atoms with Gasteiger partial charge in [-0.3, -0.25) is 4.57 Å². The molecule has 0 saturated carbocycles. The Morgan fingerprint density at radius 2 is 1.69 bits per heavy atom. The maximum absolute atomic E-state index is 10.5. The molecule has 1 aromatic carbocycles. The molecule has 0 fully saturated rings. The lowest BCUT2D eigenvalue weighted by atomic mass is 10.3. The Labute approximate surface area is 80.8 Å². The molecule has 0 amide bonds. The van der Waals surface area contributed by atoms with Crippen molar-refractivity contribution in [1.29, 1.82) is 0 Å². The van der Waals surface area contributed by atoms with E-state index in [9.17, 15) is 4.57 Å². The summed E-state index contributed by atoms with van der Waals surface area (Å²) < 4.78 is 10.5. The zero-order valence-electron chi connectivity index (χ0n) is 8.03. The van der Waals surface area contributed by atoms with Crippen LogP contribution in [-0.2, 0) is 4.57 Å². The first-order valence-electron chi connectivity index (χ1n) is 4.50. The maximum Gasteiger partial charge on any atom is 0.192 e. The van der Waals surface area contributed by atoms with Crippen LogP contribution in [-0.4, -0.2) is 13.1 Å². The molecule has 0 heterocycles. The molecule has 0 spiro atoms. The van der Waals surface area contributed by atoms with E-state index >= 15 is 0 Å². The fourth-order valence-electron chi connectivity index (χ4n) is 1.31. The highest BCUT2D eigenvalue weighted by Gasteiger charge is 2.00. The topological polar surface area (TPSA) is 20.3 Å². The highest BCUT2D eigenvalue weighted by Crippen LogP contribution is 2.12. The van der Waals surface area contributed by atoms with Gasteiger partial charge in [-0.2, -0.15) is 0 Å². The van der Waals surface area contributed by atoms with Crippen molar-refractivity contribution in [1.82, 2.24) is 0 Å². The number of benzene rings is 1. The minimum atomic E-state index is 0.0943. The van der Waals surface area contributed by atoms with E-state index in [0.717, 1.165) is 18.4 Å². The van der Waals surface area contributed by atoms with Crippen LogP contribution >= 0.6 is 8.46 Å². The Balaban J connectivity index is 2.83. The quantitative estimate of drug-likeness (QED) is 0.688. The standard InChI is InChI=1S/C10H14NOP/c1-3-11(4-2)9-5-7-10(13-12)8-6-9/h5-8H,3-4H2,1-2H3. The van der Waals surface area contributed by atoms with Gasteiger partial charge >= 0.3 is 0 Å². The van der Waals surface area contributed by atoms with Gasteiger partial charge < -0.3 is 4.90 Å². The minimum absolute atomic E-state index is 0.0943. The second kappa shape index (κ2) is 4.98. The Morgan fingerprint density at radius 1 is 1.15 bits per heavy atom. The van der Waals surface area contributed by atoms with Crippen LogP contribution in [0.3, 0.4) is 0 Å². The van der Waals surface area contributed by atoms with Crippen LogP contribution in [0.5, 0.6) is 0 Å². The molecule has 13 heavy (non-hydrogen) atoms. The van der Waals surface area contributed by atoms with Crippen LogP contribution in [0.4, 0.5) is 5.69 Å². The summed E-state index contributed by atoms with van der Waals surface area (Å²) in [5.74, 6) is 0. The Kier molecular flexibility index (Phi) is 3.91. The maximum atomic E-state index is 10.5. The van der Waals surface area contributed by atoms with Crippen molar-refractivity contribution in [2.45, 2.75) is 13.8 Å². The zero-order valence-corrected chi connectivity index (χ0v) is 8.92. The molecule has 0 radical (unpaired) electrons. The summed E-state index contributed by atoms with van der Waals surface area (Å²) in [7, 11) is 0.0943. The number of anilines is 1. The van der Waals surface area contributed by atoms with Gasteiger partial charge in [-0.15, -0.1) is 0 Å². The van der Waals surface area contributed by atoms with E-state index in [2.05, 4.69) is 18.7 Å². The summed E-state index contributed by atoms with van der Waals surface area (Å²) in [5, 5.41) is 0.830. The molecular weight excluding hydrogens is 181 g/mol. The number of nitrogens with zero attached hydrogens (tertiary/aromatic N) is 1. The van der Waals surface area contributed by atoms with E-state index in [1.807, 2.05) is 24.3 Å². The van der Waals surface area contributed by atoms with Crippen molar-refractivity contribution < 1.29 is 4.57 Å². The SMILES string of the molecule is CCN(CC)c1ccc(P=O)cc1. The predicted molar refractivity (Wildman–Crippen MR) is 57.2 cm³/mol. The van der Waals surface area contributed by atoms with Crippen molar-refractivity contribution in [3.05, 3.63) is 24.3 Å². The van der Waals surface area contributed by atoms with Crippen molar-refractivity contribution in [3.63, 3.8) is 0 Å². The molecule has 0 aromatic heterocycles. The third-order valence-electron chi connectivity index (χ3n) is 2.08. The fourth-order valence-corrected chi connectivity index (χ4v) is 1.58. The van der Waals surface area contributed by atoms with E-state index in [1.165, 1.54) is 5.69 Å². The van der Waals surface area contributed by atoms with Gasteiger partial charge in [0.25, 0.3) is 0 Å². The van der Waals surface area contributed by atoms with Crippen molar-refractivity contribution in [3.8, 4) is 0 Å². The third-order valence-corrected chi connectivity index (χ3v) is 2.59. The Bertz CT molecular complexity index is 267. The van der Waals surface area contributed by atoms with Gasteiger partial charge in [-0.05, 0) is 38.1 Å². The first-order valence-corrected chi connectivity index (χ1v) is 5.31. The van der Waals surface area contributed by atoms with Crippen molar-refractivity contribution >= 4 is 19.5 Å². The van der Waals surface area contributed by atoms with Crippen LogP contribution in [0.2, 0.25) is 0 Å². The lowest BCUT2D eigenvalue weighted by Gasteiger charge is -2.20. The lowest BCUT2D eigenvalue weighted by molar-refractivity contribution is 0.603. The summed E-state index contributed by atoms with van der Waals surface area (Å²) in [6.07, 6.45) is 0. The van der Waals surface area contributed by atoms with Crippen LogP contribution in [0, 0.1) is 0 Å². The van der Waals surface area contributed by atoms with Gasteiger partial charge in [0.2, 0.25) is 0 Å². The van der Waals surface area contributed by atoms with Crippen molar-refractivity contribution in [2.24, 2.45) is 0 Å². The average Bonchev–Trinajstić information content (AvgIpc) is 2.21. The second-order valence-corrected chi connectivity index (χ2v) is 3.48. The number of hydrogen-bond donors (Lipinski definition) is 0. The lowest BCUT2D eigenvalue weighted by Crippen LogP contribution is -2.21. The predicted octanol–water partition coefficient (Wildman–Crippen LogP) is 2.45. The fraction of sp³-hybridized carbons (Fsp3) is 0.400. The smallest absolute Gasteiger partial charge is 0.192 e. The van der Waals surface area contributed by atoms with Crippen molar-refractivity contribution in [2.75, 3.05) is 18.0 Å². The first kappa shape index (κ1) is 10.2. The molecule has 0 N–H and O–H groups in total. The summed E-state index contributed by atoms with van der Waals surface area (Å²) >= 11 is 0. The molecule has 70 valence electrons. The number of rotatable bonds is 4. The monoisotopic (exact) mass is 195 g/mol. The second-order valence-electron chi connectivity index (χ2n) is 2.78.